The van der Waals surface area contributed by atoms with Gasteiger partial charge in [-0.05, 0) is 114 Å². The summed E-state index contributed by atoms with van der Waals surface area (Å²) in [5.74, 6) is 1.15. The smallest absolute Gasteiger partial charge is 0.184 e. The van der Waals surface area contributed by atoms with Gasteiger partial charge in [-0.2, -0.15) is 0 Å². The molecule has 2 aliphatic rings. The van der Waals surface area contributed by atoms with Crippen LogP contribution in [-0.2, 0) is 10.8 Å². The summed E-state index contributed by atoms with van der Waals surface area (Å²) in [4.78, 5) is 11.2. The zero-order chi connectivity index (χ0) is 66.7. The number of anilines is 7. The minimum absolute atomic E-state index is 0.0932. The maximum atomic E-state index is 9.35. The predicted molar refractivity (Wildman–Crippen MR) is 343 cm³/mol. The number of aromatic nitrogens is 1. The van der Waals surface area contributed by atoms with E-state index in [9.17, 15) is 2.74 Å². The molecule has 0 bridgehead atoms. The molecule has 0 spiro atoms. The summed E-state index contributed by atoms with van der Waals surface area (Å²) in [6.07, 6.45) is 1.30. The number of para-hydroxylation sites is 4. The summed E-state index contributed by atoms with van der Waals surface area (Å²) in [6.45, 7) is 10.5. The Morgan fingerprint density at radius 3 is 1.64 bits per heavy atom. The number of rotatable bonds is 10. The highest BCUT2D eigenvalue weighted by atomic mass is 28.3. The van der Waals surface area contributed by atoms with Crippen LogP contribution in [0.25, 0.3) is 33.4 Å². The molecule has 13 rings (SSSR count). The van der Waals surface area contributed by atoms with E-state index in [2.05, 4.69) is 112 Å². The van der Waals surface area contributed by atoms with Gasteiger partial charge in [-0.3, -0.25) is 4.90 Å². The van der Waals surface area contributed by atoms with Crippen molar-refractivity contribution in [2.45, 2.75) is 59.2 Å². The first-order valence-electron chi connectivity index (χ1n) is 33.7. The lowest BCUT2D eigenvalue weighted by Gasteiger charge is -2.44. The third-order valence-electron chi connectivity index (χ3n) is 15.6. The SMILES string of the molecule is [2H]c1c([2H])c([2H])c(-c2cnc(N3c4ccccc4[Si](c4ccccc4)(c4ccccc4)c4ccc(Oc5cccc(N6CN(c7c(-c8cc(C(C)(C)C)cc(C(C)(C)C)c8)cccc7-c7c([2H])c([2H])c([2H])c([2H])c7[2H])c7ccccc76)c5)cc43)cc2C([2H])([2H])[2H])c([2H])c1[2H]. The highest BCUT2D eigenvalue weighted by Gasteiger charge is 2.49. The average molecular weight is 1080 g/mol. The van der Waals surface area contributed by atoms with Crippen molar-refractivity contribution in [3.8, 4) is 44.9 Å². The van der Waals surface area contributed by atoms with Gasteiger partial charge in [0.15, 0.2) is 8.07 Å². The van der Waals surface area contributed by atoms with Gasteiger partial charge in [-0.25, -0.2) is 4.98 Å². The number of benzene rings is 10. The molecule has 396 valence electrons. The van der Waals surface area contributed by atoms with Crippen LogP contribution in [0, 0.1) is 6.85 Å². The maximum absolute atomic E-state index is 9.35. The third-order valence-corrected chi connectivity index (χ3v) is 20.5. The zero-order valence-electron chi connectivity index (χ0n) is 59.0. The van der Waals surface area contributed by atoms with E-state index in [-0.39, 0.29) is 57.7 Å². The van der Waals surface area contributed by atoms with E-state index in [0.717, 1.165) is 65.8 Å². The van der Waals surface area contributed by atoms with Crippen molar-refractivity contribution in [3.63, 3.8) is 0 Å². The molecule has 5 nitrogen and oxygen atoms in total. The molecule has 6 heteroatoms. The van der Waals surface area contributed by atoms with E-state index in [1.165, 1.54) is 12.3 Å². The van der Waals surface area contributed by atoms with Gasteiger partial charge >= 0.3 is 0 Å². The van der Waals surface area contributed by atoms with Crippen LogP contribution < -0.4 is 40.2 Å². The Bertz CT molecular complexity index is 4730. The monoisotopic (exact) mass is 1080 g/mol. The first-order chi connectivity index (χ1) is 44.7. The van der Waals surface area contributed by atoms with E-state index >= 15 is 0 Å². The molecule has 10 aromatic carbocycles. The molecule has 0 radical (unpaired) electrons. The van der Waals surface area contributed by atoms with Crippen molar-refractivity contribution in [1.29, 1.82) is 0 Å². The predicted octanol–water partition coefficient (Wildman–Crippen LogP) is 17.2. The second-order valence-electron chi connectivity index (χ2n) is 22.7. The lowest BCUT2D eigenvalue weighted by Crippen LogP contribution is -2.77. The highest BCUT2D eigenvalue weighted by molar-refractivity contribution is 7.21. The number of pyridine rings is 1. The van der Waals surface area contributed by atoms with Crippen molar-refractivity contribution in [2.75, 3.05) is 21.4 Å². The van der Waals surface area contributed by atoms with Crippen LogP contribution in [0.15, 0.2) is 261 Å². The van der Waals surface area contributed by atoms with Gasteiger partial charge in [-0.15, -0.1) is 0 Å². The van der Waals surface area contributed by atoms with Crippen molar-refractivity contribution in [1.82, 2.24) is 4.98 Å². The van der Waals surface area contributed by atoms with Gasteiger partial charge in [0.25, 0.3) is 0 Å². The van der Waals surface area contributed by atoms with Gasteiger partial charge in [0, 0.05) is 50.5 Å². The normalized spacial score (nSPS) is 16.0. The number of aryl methyl sites for hydroxylation is 1. The lowest BCUT2D eigenvalue weighted by atomic mass is 9.78. The first kappa shape index (κ1) is 38.4. The van der Waals surface area contributed by atoms with Crippen LogP contribution >= 0.6 is 0 Å². The van der Waals surface area contributed by atoms with Crippen LogP contribution in [0.4, 0.5) is 39.9 Å². The lowest BCUT2D eigenvalue weighted by molar-refractivity contribution is 0.483. The van der Waals surface area contributed by atoms with Crippen molar-refractivity contribution < 1.29 is 22.6 Å². The van der Waals surface area contributed by atoms with Crippen molar-refractivity contribution in [3.05, 3.63) is 277 Å². The molecule has 0 unspecified atom stereocenters. The second-order valence-corrected chi connectivity index (χ2v) is 26.4. The molecule has 0 aliphatic carbocycles. The van der Waals surface area contributed by atoms with Crippen LogP contribution in [0.3, 0.4) is 0 Å². The zero-order valence-corrected chi connectivity index (χ0v) is 47.0. The Morgan fingerprint density at radius 2 is 1.01 bits per heavy atom. The molecule has 0 amide bonds. The summed E-state index contributed by atoms with van der Waals surface area (Å²) in [6, 6.07) is 59.8. The Morgan fingerprint density at radius 1 is 0.469 bits per heavy atom. The molecule has 1 aromatic heterocycles. The Balaban J connectivity index is 0.968. The fraction of sp³-hybridized carbons (Fsp3) is 0.133. The molecule has 11 aromatic rings. The minimum atomic E-state index is -3.30. The molecule has 0 saturated carbocycles. The van der Waals surface area contributed by atoms with Crippen LogP contribution in [0.2, 0.25) is 0 Å². The quantitative estimate of drug-likeness (QED) is 0.127. The average Bonchev–Trinajstić information content (AvgIpc) is 0.769. The Labute approximate surface area is 497 Å². The van der Waals surface area contributed by atoms with Crippen LogP contribution in [0.1, 0.15) is 76.1 Å². The third kappa shape index (κ3) is 9.20. The van der Waals surface area contributed by atoms with Crippen molar-refractivity contribution >= 4 is 68.8 Å². The fourth-order valence-electron chi connectivity index (χ4n) is 11.7. The van der Waals surface area contributed by atoms with Gasteiger partial charge in [0.05, 0.1) is 36.5 Å². The van der Waals surface area contributed by atoms with E-state index in [1.54, 1.807) is 0 Å². The van der Waals surface area contributed by atoms with E-state index < -0.39 is 63.3 Å². The summed E-state index contributed by atoms with van der Waals surface area (Å²) < 4.78 is 122. The van der Waals surface area contributed by atoms with E-state index in [0.29, 0.717) is 28.4 Å². The number of fused-ring (bicyclic) bond motifs is 3. The van der Waals surface area contributed by atoms with Crippen molar-refractivity contribution in [2.24, 2.45) is 0 Å². The largest absolute Gasteiger partial charge is 0.457 e. The molecule has 3 heterocycles. The summed E-state index contributed by atoms with van der Waals surface area (Å²) in [5.41, 5.74) is 8.00. The van der Waals surface area contributed by atoms with E-state index in [4.69, 9.17) is 24.8 Å². The van der Waals surface area contributed by atoms with Crippen LogP contribution in [0.5, 0.6) is 11.5 Å². The molecule has 0 fully saturated rings. The summed E-state index contributed by atoms with van der Waals surface area (Å²) in [5, 5.41) is 4.15. The summed E-state index contributed by atoms with van der Waals surface area (Å²) >= 11 is 0. The van der Waals surface area contributed by atoms with Crippen LogP contribution in [-0.4, -0.2) is 19.7 Å². The van der Waals surface area contributed by atoms with Gasteiger partial charge in [0.2, 0.25) is 0 Å². The first-order valence-corrected chi connectivity index (χ1v) is 29.2. The summed E-state index contributed by atoms with van der Waals surface area (Å²) in [7, 11) is -3.30. The standard InChI is InChI=1S/C75H66N4OSi/c1-52-44-72(76-50-65(52)54-28-14-9-15-29-54)79-68-40-22-23-41-70(68)81(61-32-16-10-17-33-61,62-34-18-11-19-35-62)71-43-42-60(49-69(71)79)80-59-31-24-30-58(48-59)77-51-78(67-39-21-20-38-66(67)77)73-63(53-26-12-8-13-27-53)36-25-37-64(73)55-45-56(74(2,3)4)47-57(46-55)75(5,6)7/h8-50H,51H2,1-7H3/i1D3,8D,9D,12D,13D,14D,15D,26D,27D,28D,29D. The van der Waals surface area contributed by atoms with Gasteiger partial charge in [-0.1, -0.05) is 241 Å². The number of ether oxygens (including phenoxy) is 1. The Hall–Kier alpha value is -9.23. The Kier molecular flexibility index (Phi) is 9.69. The number of hydrogen-bond donors (Lipinski definition) is 0. The van der Waals surface area contributed by atoms with E-state index in [1.807, 2.05) is 132 Å². The number of hydrogen-bond acceptors (Lipinski definition) is 5. The highest BCUT2D eigenvalue weighted by Crippen LogP contribution is 2.51. The number of nitrogens with zero attached hydrogens (tertiary/aromatic N) is 4. The molecule has 81 heavy (non-hydrogen) atoms. The molecule has 0 atom stereocenters. The topological polar surface area (TPSA) is 31.8 Å². The second kappa shape index (κ2) is 20.5. The minimum Gasteiger partial charge on any atom is -0.457 e. The van der Waals surface area contributed by atoms with Gasteiger partial charge in [0.1, 0.15) is 24.0 Å². The fourth-order valence-corrected chi connectivity index (χ4v) is 16.8. The molecular formula is C75H66N4OSi. The van der Waals surface area contributed by atoms with Gasteiger partial charge < -0.3 is 14.5 Å². The molecule has 0 saturated heterocycles. The molecule has 2 aliphatic heterocycles. The molecule has 0 N–H and O–H groups in total. The maximum Gasteiger partial charge on any atom is 0.184 e. The molecular weight excluding hydrogens is 1000 g/mol.